The quantitative estimate of drug-likeness (QED) is 0.902. The van der Waals surface area contributed by atoms with Gasteiger partial charge in [-0.25, -0.2) is 9.37 Å². The van der Waals surface area contributed by atoms with Crippen LogP contribution in [0.2, 0.25) is 0 Å². The minimum atomic E-state index is -0.218. The Labute approximate surface area is 123 Å². The summed E-state index contributed by atoms with van der Waals surface area (Å²) in [6, 6.07) is 6.83. The molecule has 1 aromatic carbocycles. The number of rotatable bonds is 5. The van der Waals surface area contributed by atoms with E-state index in [1.165, 1.54) is 17.0 Å². The zero-order chi connectivity index (χ0) is 14.7. The third-order valence-corrected chi connectivity index (χ3v) is 4.70. The van der Waals surface area contributed by atoms with Crippen LogP contribution in [0.15, 0.2) is 24.3 Å². The number of hydrogen-bond donors (Lipinski definition) is 1. The van der Waals surface area contributed by atoms with Crippen LogP contribution in [-0.2, 0) is 0 Å². The first kappa shape index (κ1) is 14.9. The molecule has 1 N–H and O–H groups in total. The molecule has 1 atom stereocenters. The Hall–Kier alpha value is -1.46. The summed E-state index contributed by atoms with van der Waals surface area (Å²) in [4.78, 5) is 8.00. The molecular formula is C15H20FN3S. The minimum absolute atomic E-state index is 0.218. The van der Waals surface area contributed by atoms with Crippen molar-refractivity contribution in [3.63, 3.8) is 0 Å². The van der Waals surface area contributed by atoms with E-state index in [0.717, 1.165) is 23.1 Å². The van der Waals surface area contributed by atoms with Gasteiger partial charge in [-0.1, -0.05) is 11.3 Å². The molecule has 0 bridgehead atoms. The molecule has 0 aliphatic carbocycles. The highest BCUT2D eigenvalue weighted by molar-refractivity contribution is 7.15. The summed E-state index contributed by atoms with van der Waals surface area (Å²) in [5.41, 5.74) is 2.01. The Kier molecular flexibility index (Phi) is 4.73. The zero-order valence-electron chi connectivity index (χ0n) is 12.3. The number of thiazole rings is 1. The molecule has 3 nitrogen and oxygen atoms in total. The van der Waals surface area contributed by atoms with Crippen LogP contribution in [0.25, 0.3) is 0 Å². The van der Waals surface area contributed by atoms with E-state index in [-0.39, 0.29) is 11.9 Å². The summed E-state index contributed by atoms with van der Waals surface area (Å²) in [5, 5.41) is 4.19. The number of anilines is 2. The van der Waals surface area contributed by atoms with Gasteiger partial charge in [0.25, 0.3) is 0 Å². The van der Waals surface area contributed by atoms with Crippen LogP contribution in [0.5, 0.6) is 0 Å². The van der Waals surface area contributed by atoms with Crippen LogP contribution >= 0.6 is 11.3 Å². The van der Waals surface area contributed by atoms with E-state index < -0.39 is 0 Å². The summed E-state index contributed by atoms with van der Waals surface area (Å²) in [6.07, 6.45) is 0. The maximum atomic E-state index is 13.0. The van der Waals surface area contributed by atoms with E-state index >= 15 is 0 Å². The Balaban J connectivity index is 2.35. The van der Waals surface area contributed by atoms with Gasteiger partial charge < -0.3 is 10.2 Å². The molecule has 108 valence electrons. The van der Waals surface area contributed by atoms with Crippen LogP contribution < -0.4 is 10.2 Å². The molecule has 0 radical (unpaired) electrons. The molecule has 0 aliphatic heterocycles. The predicted molar refractivity (Wildman–Crippen MR) is 83.4 cm³/mol. The maximum absolute atomic E-state index is 13.0. The van der Waals surface area contributed by atoms with Gasteiger partial charge in [-0.05, 0) is 52.1 Å². The molecule has 0 saturated carbocycles. The van der Waals surface area contributed by atoms with Crippen LogP contribution in [0.4, 0.5) is 15.2 Å². The molecule has 0 saturated heterocycles. The molecule has 2 aromatic rings. The Morgan fingerprint density at radius 1 is 1.35 bits per heavy atom. The predicted octanol–water partition coefficient (Wildman–Crippen LogP) is 4.03. The SMILES string of the molecule is CCN(c1ccc(F)cc1)c1nc(C)c(C(C)NC)s1. The summed E-state index contributed by atoms with van der Waals surface area (Å²) >= 11 is 1.68. The smallest absolute Gasteiger partial charge is 0.190 e. The first-order valence-corrected chi connectivity index (χ1v) is 7.56. The number of nitrogens with zero attached hydrogens (tertiary/aromatic N) is 2. The molecule has 5 heteroatoms. The van der Waals surface area contributed by atoms with Crippen molar-refractivity contribution < 1.29 is 4.39 Å². The number of nitrogens with one attached hydrogen (secondary N) is 1. The molecular weight excluding hydrogens is 273 g/mol. The molecule has 0 fully saturated rings. The fourth-order valence-electron chi connectivity index (χ4n) is 2.09. The Morgan fingerprint density at radius 3 is 2.55 bits per heavy atom. The van der Waals surface area contributed by atoms with Gasteiger partial charge in [0, 0.05) is 23.2 Å². The first-order chi connectivity index (χ1) is 9.56. The van der Waals surface area contributed by atoms with Crippen molar-refractivity contribution in [2.75, 3.05) is 18.5 Å². The van der Waals surface area contributed by atoms with Crippen molar-refractivity contribution in [2.24, 2.45) is 0 Å². The lowest BCUT2D eigenvalue weighted by atomic mass is 10.2. The van der Waals surface area contributed by atoms with Crippen LogP contribution in [0.3, 0.4) is 0 Å². The van der Waals surface area contributed by atoms with Gasteiger partial charge >= 0.3 is 0 Å². The molecule has 0 amide bonds. The number of benzene rings is 1. The van der Waals surface area contributed by atoms with Gasteiger partial charge in [0.2, 0.25) is 0 Å². The summed E-state index contributed by atoms with van der Waals surface area (Å²) in [6.45, 7) is 7.02. The maximum Gasteiger partial charge on any atom is 0.190 e. The second-order valence-electron chi connectivity index (χ2n) is 4.68. The Morgan fingerprint density at radius 2 is 2.00 bits per heavy atom. The normalized spacial score (nSPS) is 12.4. The lowest BCUT2D eigenvalue weighted by molar-refractivity contribution is 0.628. The third-order valence-electron chi connectivity index (χ3n) is 3.33. The Bertz CT molecular complexity index is 565. The van der Waals surface area contributed by atoms with E-state index in [1.807, 2.05) is 14.0 Å². The largest absolute Gasteiger partial charge is 0.318 e. The van der Waals surface area contributed by atoms with E-state index in [1.54, 1.807) is 23.5 Å². The van der Waals surface area contributed by atoms with Gasteiger partial charge in [-0.15, -0.1) is 0 Å². The number of hydrogen-bond acceptors (Lipinski definition) is 4. The van der Waals surface area contributed by atoms with E-state index in [4.69, 9.17) is 0 Å². The molecule has 0 spiro atoms. The highest BCUT2D eigenvalue weighted by Crippen LogP contribution is 2.34. The first-order valence-electron chi connectivity index (χ1n) is 6.74. The monoisotopic (exact) mass is 293 g/mol. The van der Waals surface area contributed by atoms with E-state index in [0.29, 0.717) is 0 Å². The molecule has 0 aliphatic rings. The van der Waals surface area contributed by atoms with Crippen molar-refractivity contribution in [2.45, 2.75) is 26.8 Å². The van der Waals surface area contributed by atoms with Crippen molar-refractivity contribution >= 4 is 22.2 Å². The van der Waals surface area contributed by atoms with Gasteiger partial charge in [-0.3, -0.25) is 0 Å². The summed E-state index contributed by atoms with van der Waals surface area (Å²) < 4.78 is 13.0. The second-order valence-corrected chi connectivity index (χ2v) is 5.69. The zero-order valence-corrected chi connectivity index (χ0v) is 13.1. The van der Waals surface area contributed by atoms with Crippen molar-refractivity contribution in [3.8, 4) is 0 Å². The molecule has 20 heavy (non-hydrogen) atoms. The van der Waals surface area contributed by atoms with Crippen LogP contribution in [-0.4, -0.2) is 18.6 Å². The molecule has 1 aromatic heterocycles. The van der Waals surface area contributed by atoms with Gasteiger partial charge in [0.05, 0.1) is 5.69 Å². The van der Waals surface area contributed by atoms with Crippen molar-refractivity contribution in [3.05, 3.63) is 40.7 Å². The van der Waals surface area contributed by atoms with Crippen molar-refractivity contribution in [1.82, 2.24) is 10.3 Å². The average molecular weight is 293 g/mol. The summed E-state index contributed by atoms with van der Waals surface area (Å²) in [5.74, 6) is -0.218. The van der Waals surface area contributed by atoms with Crippen molar-refractivity contribution in [1.29, 1.82) is 0 Å². The fraction of sp³-hybridized carbons (Fsp3) is 0.400. The number of halogens is 1. The molecule has 1 heterocycles. The number of aromatic nitrogens is 1. The highest BCUT2D eigenvalue weighted by Gasteiger charge is 2.17. The minimum Gasteiger partial charge on any atom is -0.318 e. The van der Waals surface area contributed by atoms with E-state index in [9.17, 15) is 4.39 Å². The molecule has 2 rings (SSSR count). The van der Waals surface area contributed by atoms with E-state index in [2.05, 4.69) is 29.0 Å². The third kappa shape index (κ3) is 2.99. The lowest BCUT2D eigenvalue weighted by Crippen LogP contribution is -2.15. The fourth-order valence-corrected chi connectivity index (χ4v) is 3.30. The van der Waals surface area contributed by atoms with Gasteiger partial charge in [0.15, 0.2) is 5.13 Å². The topological polar surface area (TPSA) is 28.2 Å². The average Bonchev–Trinajstić information content (AvgIpc) is 2.83. The number of aryl methyl sites for hydroxylation is 1. The second kappa shape index (κ2) is 6.33. The van der Waals surface area contributed by atoms with Crippen LogP contribution in [0.1, 0.15) is 30.5 Å². The molecule has 1 unspecified atom stereocenters. The standard InChI is InChI=1S/C15H20FN3S/c1-5-19(13-8-6-12(16)7-9-13)15-18-11(3)14(20-15)10(2)17-4/h6-10,17H,5H2,1-4H3. The lowest BCUT2D eigenvalue weighted by Gasteiger charge is -2.19. The van der Waals surface area contributed by atoms with Crippen LogP contribution in [0, 0.1) is 12.7 Å². The van der Waals surface area contributed by atoms with Gasteiger partial charge in [-0.2, -0.15) is 0 Å². The van der Waals surface area contributed by atoms with Gasteiger partial charge in [0.1, 0.15) is 5.82 Å². The summed E-state index contributed by atoms with van der Waals surface area (Å²) in [7, 11) is 1.95. The highest BCUT2D eigenvalue weighted by atomic mass is 32.1.